The van der Waals surface area contributed by atoms with Gasteiger partial charge in [0, 0.05) is 12.8 Å². The molecule has 0 amide bonds. The molecule has 0 aromatic heterocycles. The highest BCUT2D eigenvalue weighted by Crippen LogP contribution is 2.36. The SMILES string of the molecule is CC/C=C/CCCC=C=CCCCCCCCC(=O)OC(COC(=O)CCCCCCCCCCCCCCCCC)COP(=O)(O)O. The molecule has 8 nitrogen and oxygen atoms in total. The third-order valence-electron chi connectivity index (χ3n) is 8.23. The van der Waals surface area contributed by atoms with Crippen molar-refractivity contribution in [3.8, 4) is 0 Å². The smallest absolute Gasteiger partial charge is 0.462 e. The predicted octanol–water partition coefficient (Wildman–Crippen LogP) is 11.4. The number of rotatable bonds is 35. The van der Waals surface area contributed by atoms with Gasteiger partial charge >= 0.3 is 19.8 Å². The van der Waals surface area contributed by atoms with E-state index >= 15 is 0 Å². The summed E-state index contributed by atoms with van der Waals surface area (Å²) in [6.45, 7) is 3.56. The Morgan fingerprint density at radius 1 is 0.604 bits per heavy atom. The fraction of sp³-hybridized carbons (Fsp3) is 0.821. The van der Waals surface area contributed by atoms with Gasteiger partial charge in [0.05, 0.1) is 6.61 Å². The van der Waals surface area contributed by atoms with E-state index < -0.39 is 32.5 Å². The lowest BCUT2D eigenvalue weighted by Gasteiger charge is -2.18. The molecular formula is C39H71O8P. The van der Waals surface area contributed by atoms with Crippen LogP contribution in [0.4, 0.5) is 0 Å². The summed E-state index contributed by atoms with van der Waals surface area (Å²) in [5.74, 6) is -0.905. The van der Waals surface area contributed by atoms with Crippen LogP contribution in [0.3, 0.4) is 0 Å². The number of ether oxygens (including phenoxy) is 2. The number of allylic oxidation sites excluding steroid dienone is 3. The number of esters is 2. The van der Waals surface area contributed by atoms with Crippen LogP contribution in [-0.2, 0) is 28.2 Å². The molecule has 0 aromatic rings. The molecular weight excluding hydrogens is 627 g/mol. The predicted molar refractivity (Wildman–Crippen MR) is 197 cm³/mol. The molecule has 280 valence electrons. The molecule has 0 aliphatic heterocycles. The van der Waals surface area contributed by atoms with Gasteiger partial charge in [-0.2, -0.15) is 0 Å². The Bertz CT molecular complexity index is 890. The standard InChI is InChI=1S/C39H71O8P/c1-3-5-7-9-11-13-15-17-19-21-23-25-27-29-31-33-38(40)45-35-37(36-46-48(42,43)44)47-39(41)34-32-30-28-26-24-22-20-18-16-14-12-10-8-6-4-2/h6,8,16,20,37H,3-5,7,9-15,17,19,21-36H2,1-2H3,(H2,42,43,44)/b8-6+. The lowest BCUT2D eigenvalue weighted by molar-refractivity contribution is -0.161. The molecule has 0 aliphatic rings. The highest BCUT2D eigenvalue weighted by atomic mass is 31.2. The Hall–Kier alpha value is -1.69. The summed E-state index contributed by atoms with van der Waals surface area (Å²) >= 11 is 0. The fourth-order valence-electron chi connectivity index (χ4n) is 5.36. The summed E-state index contributed by atoms with van der Waals surface area (Å²) in [7, 11) is -4.75. The number of hydrogen-bond acceptors (Lipinski definition) is 6. The van der Waals surface area contributed by atoms with Crippen LogP contribution in [0.2, 0.25) is 0 Å². The molecule has 9 heteroatoms. The van der Waals surface area contributed by atoms with E-state index in [1.807, 2.05) is 0 Å². The van der Waals surface area contributed by atoms with E-state index in [2.05, 4.69) is 48.4 Å². The second kappa shape index (κ2) is 35.1. The minimum absolute atomic E-state index is 0.190. The number of carbonyl (C=O) groups is 2. The van der Waals surface area contributed by atoms with Gasteiger partial charge in [-0.1, -0.05) is 135 Å². The van der Waals surface area contributed by atoms with Crippen molar-refractivity contribution in [3.05, 3.63) is 30.0 Å². The molecule has 0 saturated carbocycles. The van der Waals surface area contributed by atoms with E-state index in [-0.39, 0.29) is 19.4 Å². The van der Waals surface area contributed by atoms with Crippen LogP contribution >= 0.6 is 7.82 Å². The Morgan fingerprint density at radius 3 is 1.60 bits per heavy atom. The molecule has 0 saturated heterocycles. The van der Waals surface area contributed by atoms with Crippen LogP contribution in [0, 0.1) is 0 Å². The zero-order valence-corrected chi connectivity index (χ0v) is 31.6. The Labute approximate surface area is 293 Å². The summed E-state index contributed by atoms with van der Waals surface area (Å²) in [4.78, 5) is 42.7. The van der Waals surface area contributed by atoms with Crippen LogP contribution in [-0.4, -0.2) is 41.0 Å². The van der Waals surface area contributed by atoms with E-state index in [0.717, 1.165) is 77.0 Å². The number of carbonyl (C=O) groups excluding carboxylic acids is 2. The minimum Gasteiger partial charge on any atom is -0.462 e. The van der Waals surface area contributed by atoms with Gasteiger partial charge in [0.15, 0.2) is 6.10 Å². The zero-order chi connectivity index (χ0) is 35.4. The maximum atomic E-state index is 12.4. The first-order chi connectivity index (χ1) is 23.3. The second-order valence-electron chi connectivity index (χ2n) is 13.0. The van der Waals surface area contributed by atoms with Crippen molar-refractivity contribution in [2.75, 3.05) is 13.2 Å². The maximum absolute atomic E-state index is 12.4. The van der Waals surface area contributed by atoms with Gasteiger partial charge in [0.25, 0.3) is 0 Å². The first-order valence-corrected chi connectivity index (χ1v) is 20.9. The van der Waals surface area contributed by atoms with Crippen LogP contribution < -0.4 is 0 Å². The van der Waals surface area contributed by atoms with Crippen molar-refractivity contribution >= 4 is 19.8 Å². The number of hydrogen-bond donors (Lipinski definition) is 2. The summed E-state index contributed by atoms with van der Waals surface area (Å²) in [5, 5.41) is 0. The monoisotopic (exact) mass is 698 g/mol. The molecule has 0 aromatic carbocycles. The Kier molecular flexibility index (Phi) is 33.9. The molecule has 1 atom stereocenters. The van der Waals surface area contributed by atoms with Crippen molar-refractivity contribution in [2.24, 2.45) is 0 Å². The number of phosphoric acid groups is 1. The highest BCUT2D eigenvalue weighted by Gasteiger charge is 2.22. The molecule has 0 radical (unpaired) electrons. The largest absolute Gasteiger partial charge is 0.469 e. The topological polar surface area (TPSA) is 119 Å². The van der Waals surface area contributed by atoms with Gasteiger partial charge < -0.3 is 19.3 Å². The molecule has 0 spiro atoms. The number of phosphoric ester groups is 1. The lowest BCUT2D eigenvalue weighted by atomic mass is 10.0. The van der Waals surface area contributed by atoms with Crippen molar-refractivity contribution in [3.63, 3.8) is 0 Å². The van der Waals surface area contributed by atoms with Gasteiger partial charge in [-0.25, -0.2) is 4.57 Å². The molecule has 0 bridgehead atoms. The third kappa shape index (κ3) is 37.1. The molecule has 0 aliphatic carbocycles. The average Bonchev–Trinajstić information content (AvgIpc) is 3.05. The van der Waals surface area contributed by atoms with Crippen molar-refractivity contribution in [2.45, 2.75) is 193 Å². The minimum atomic E-state index is -4.75. The number of unbranched alkanes of at least 4 members (excludes halogenated alkanes) is 21. The van der Waals surface area contributed by atoms with E-state index in [1.165, 1.54) is 77.0 Å². The molecule has 48 heavy (non-hydrogen) atoms. The molecule has 0 fully saturated rings. The summed E-state index contributed by atoms with van der Waals surface area (Å²) in [6, 6.07) is 0. The summed E-state index contributed by atoms with van der Waals surface area (Å²) in [5.41, 5.74) is 3.25. The second-order valence-corrected chi connectivity index (χ2v) is 14.2. The average molecular weight is 699 g/mol. The van der Waals surface area contributed by atoms with E-state index in [4.69, 9.17) is 19.3 Å². The molecule has 2 N–H and O–H groups in total. The van der Waals surface area contributed by atoms with Crippen molar-refractivity contribution in [1.29, 1.82) is 0 Å². The summed E-state index contributed by atoms with van der Waals surface area (Å²) < 4.78 is 26.3. The van der Waals surface area contributed by atoms with Gasteiger partial charge in [-0.15, -0.1) is 5.73 Å². The molecule has 0 rings (SSSR count). The zero-order valence-electron chi connectivity index (χ0n) is 30.7. The molecule has 1 unspecified atom stereocenters. The van der Waals surface area contributed by atoms with Crippen molar-refractivity contribution in [1.82, 2.24) is 0 Å². The van der Waals surface area contributed by atoms with Gasteiger partial charge in [-0.05, 0) is 63.5 Å². The van der Waals surface area contributed by atoms with Crippen LogP contribution in [0.15, 0.2) is 30.0 Å². The highest BCUT2D eigenvalue weighted by molar-refractivity contribution is 7.46. The van der Waals surface area contributed by atoms with Crippen LogP contribution in [0.25, 0.3) is 0 Å². The normalized spacial score (nSPS) is 12.2. The van der Waals surface area contributed by atoms with E-state index in [1.54, 1.807) is 0 Å². The first-order valence-electron chi connectivity index (χ1n) is 19.4. The van der Waals surface area contributed by atoms with Gasteiger partial charge in [0.1, 0.15) is 6.61 Å². The third-order valence-corrected chi connectivity index (χ3v) is 8.71. The van der Waals surface area contributed by atoms with Crippen LogP contribution in [0.1, 0.15) is 187 Å². The van der Waals surface area contributed by atoms with E-state index in [9.17, 15) is 14.2 Å². The Balaban J connectivity index is 3.98. The van der Waals surface area contributed by atoms with E-state index in [0.29, 0.717) is 6.42 Å². The Morgan fingerprint density at radius 2 is 1.08 bits per heavy atom. The maximum Gasteiger partial charge on any atom is 0.469 e. The summed E-state index contributed by atoms with van der Waals surface area (Å²) in [6.07, 6.45) is 36.8. The first kappa shape index (κ1) is 46.3. The van der Waals surface area contributed by atoms with Gasteiger partial charge in [0.2, 0.25) is 0 Å². The fourth-order valence-corrected chi connectivity index (χ4v) is 5.72. The molecule has 0 heterocycles. The lowest BCUT2D eigenvalue weighted by Crippen LogP contribution is -2.29. The van der Waals surface area contributed by atoms with Crippen molar-refractivity contribution < 1.29 is 37.9 Å². The van der Waals surface area contributed by atoms with Gasteiger partial charge in [-0.3, -0.25) is 14.1 Å². The van der Waals surface area contributed by atoms with Crippen LogP contribution in [0.5, 0.6) is 0 Å². The quantitative estimate of drug-likeness (QED) is 0.0221.